The molecule has 0 radical (unpaired) electrons. The molecule has 4 N–H and O–H groups in total. The predicted molar refractivity (Wildman–Crippen MR) is 167 cm³/mol. The van der Waals surface area contributed by atoms with Gasteiger partial charge in [-0.2, -0.15) is 5.10 Å². The molecule has 3 saturated carbocycles. The van der Waals surface area contributed by atoms with Crippen molar-refractivity contribution < 1.29 is 28.6 Å². The summed E-state index contributed by atoms with van der Waals surface area (Å²) in [6.45, 7) is 1.48. The van der Waals surface area contributed by atoms with Gasteiger partial charge in [-0.3, -0.25) is 14.3 Å². The van der Waals surface area contributed by atoms with Crippen molar-refractivity contribution in [2.45, 2.75) is 68.6 Å². The van der Waals surface area contributed by atoms with Gasteiger partial charge in [-0.1, -0.05) is 17.7 Å². The molecule has 2 amide bonds. The Hall–Kier alpha value is -4.22. The minimum Gasteiger partial charge on any atom is -0.489 e. The summed E-state index contributed by atoms with van der Waals surface area (Å²) >= 11 is 5.95. The third kappa shape index (κ3) is 4.96. The monoisotopic (exact) mass is 645 g/mol. The Morgan fingerprint density at radius 1 is 1.20 bits per heavy atom. The molecule has 1 aliphatic heterocycles. The van der Waals surface area contributed by atoms with Gasteiger partial charge in [0.1, 0.15) is 46.1 Å². The van der Waals surface area contributed by atoms with Gasteiger partial charge >= 0.3 is 0 Å². The van der Waals surface area contributed by atoms with E-state index in [1.165, 1.54) is 12.1 Å². The molecule has 2 aromatic heterocycles. The summed E-state index contributed by atoms with van der Waals surface area (Å²) in [4.78, 5) is 31.1. The van der Waals surface area contributed by atoms with E-state index in [1.54, 1.807) is 31.2 Å². The van der Waals surface area contributed by atoms with Crippen LogP contribution in [0.2, 0.25) is 5.02 Å². The normalized spacial score (nSPS) is 21.8. The van der Waals surface area contributed by atoms with Gasteiger partial charge in [-0.25, -0.2) is 9.37 Å². The number of primary amides is 1. The standard InChI is InChI=1S/C34H33ClFN5O5/c1-33(32(37)43)16-45-30-23(33)13-27(39-29(30)17-2-9-24(35)25(36)11-17)34(44,20-3-4-20)15-38-31(42)18-10-19-14-41(21-5-6-21)40-28(19)26(12-18)46-22-7-8-22/h2,9-14,20-22,44H,3-8,15-16H2,1H3,(H2,37,43)(H,38,42)/t33-,34?/m0/s1. The number of nitrogens with one attached hydrogen (secondary N) is 1. The molecule has 10 nitrogen and oxygen atoms in total. The number of halogens is 2. The first-order valence-electron chi connectivity index (χ1n) is 15.7. The molecule has 3 heterocycles. The molecule has 0 saturated heterocycles. The molecule has 2 aromatic carbocycles. The first-order valence-corrected chi connectivity index (χ1v) is 16.1. The number of benzene rings is 2. The zero-order chi connectivity index (χ0) is 32.0. The number of hydrogen-bond acceptors (Lipinski definition) is 7. The van der Waals surface area contributed by atoms with Crippen molar-refractivity contribution in [1.82, 2.24) is 20.1 Å². The summed E-state index contributed by atoms with van der Waals surface area (Å²) in [5.41, 5.74) is 5.44. The SMILES string of the molecule is C[C@]1(C(N)=O)COc2c1cc(C(O)(CNC(=O)c1cc(OC3CC3)c3nn(C4CC4)cc3c1)C1CC1)nc2-c1ccc(Cl)c(F)c1. The highest BCUT2D eigenvalue weighted by Gasteiger charge is 2.50. The Kier molecular flexibility index (Phi) is 6.60. The summed E-state index contributed by atoms with van der Waals surface area (Å²) in [6, 6.07) is 9.77. The molecule has 46 heavy (non-hydrogen) atoms. The quantitative estimate of drug-likeness (QED) is 0.222. The lowest BCUT2D eigenvalue weighted by molar-refractivity contribution is -0.123. The zero-order valence-electron chi connectivity index (χ0n) is 25.2. The lowest BCUT2D eigenvalue weighted by atomic mass is 9.81. The van der Waals surface area contributed by atoms with Gasteiger partial charge in [-0.15, -0.1) is 0 Å². The van der Waals surface area contributed by atoms with Gasteiger partial charge in [0, 0.05) is 28.3 Å². The number of carbonyl (C=O) groups is 2. The van der Waals surface area contributed by atoms with Gasteiger partial charge in [0.15, 0.2) is 0 Å². The number of pyridine rings is 1. The second-order valence-corrected chi connectivity index (χ2v) is 13.7. The maximum absolute atomic E-state index is 14.6. The zero-order valence-corrected chi connectivity index (χ0v) is 25.9. The second kappa shape index (κ2) is 10.4. The van der Waals surface area contributed by atoms with E-state index in [0.717, 1.165) is 36.6 Å². The first-order chi connectivity index (χ1) is 22.0. The number of aromatic nitrogens is 3. The topological polar surface area (TPSA) is 142 Å². The summed E-state index contributed by atoms with van der Waals surface area (Å²) in [5.74, 6) is -0.977. The van der Waals surface area contributed by atoms with E-state index in [9.17, 15) is 19.1 Å². The summed E-state index contributed by atoms with van der Waals surface area (Å²) in [6.07, 6.45) is 7.60. The predicted octanol–water partition coefficient (Wildman–Crippen LogP) is 4.93. The molecule has 4 aromatic rings. The van der Waals surface area contributed by atoms with E-state index >= 15 is 0 Å². The van der Waals surface area contributed by atoms with Crippen LogP contribution in [-0.2, 0) is 15.8 Å². The molecule has 238 valence electrons. The summed E-state index contributed by atoms with van der Waals surface area (Å²) in [7, 11) is 0. The molecule has 3 fully saturated rings. The maximum atomic E-state index is 14.6. The van der Waals surface area contributed by atoms with Crippen LogP contribution in [-0.4, -0.2) is 50.9 Å². The molecule has 4 aliphatic rings. The minimum atomic E-state index is -1.60. The van der Waals surface area contributed by atoms with E-state index in [4.69, 9.17) is 36.9 Å². The van der Waals surface area contributed by atoms with Crippen LogP contribution in [0.25, 0.3) is 22.2 Å². The molecule has 3 aliphatic carbocycles. The number of nitrogens with zero attached hydrogens (tertiary/aromatic N) is 3. The lowest BCUT2D eigenvalue weighted by Gasteiger charge is -2.30. The molecular formula is C34H33ClFN5O5. The van der Waals surface area contributed by atoms with Crippen molar-refractivity contribution in [3.8, 4) is 22.8 Å². The van der Waals surface area contributed by atoms with Crippen LogP contribution in [0.3, 0.4) is 0 Å². The van der Waals surface area contributed by atoms with E-state index in [1.807, 2.05) is 10.9 Å². The van der Waals surface area contributed by atoms with Crippen LogP contribution in [0.15, 0.2) is 42.6 Å². The number of aliphatic hydroxyl groups is 1. The van der Waals surface area contributed by atoms with E-state index in [0.29, 0.717) is 41.3 Å². The highest BCUT2D eigenvalue weighted by Crippen LogP contribution is 2.50. The molecule has 2 atom stereocenters. The van der Waals surface area contributed by atoms with Gasteiger partial charge in [0.25, 0.3) is 5.91 Å². The Morgan fingerprint density at radius 3 is 2.65 bits per heavy atom. The van der Waals surface area contributed by atoms with E-state index in [2.05, 4.69) is 5.32 Å². The fourth-order valence-electron chi connectivity index (χ4n) is 6.20. The largest absolute Gasteiger partial charge is 0.489 e. The van der Waals surface area contributed by atoms with Crippen molar-refractivity contribution in [3.63, 3.8) is 0 Å². The maximum Gasteiger partial charge on any atom is 0.251 e. The number of fused-ring (bicyclic) bond motifs is 2. The number of amides is 2. The van der Waals surface area contributed by atoms with Crippen molar-refractivity contribution in [2.75, 3.05) is 13.2 Å². The van der Waals surface area contributed by atoms with Crippen LogP contribution in [0.1, 0.15) is 73.1 Å². The first kappa shape index (κ1) is 29.2. The fourth-order valence-corrected chi connectivity index (χ4v) is 6.32. The van der Waals surface area contributed by atoms with Crippen molar-refractivity contribution in [1.29, 1.82) is 0 Å². The molecule has 8 rings (SSSR count). The van der Waals surface area contributed by atoms with Gasteiger partial charge in [0.05, 0.1) is 29.4 Å². The Labute approximate surface area is 269 Å². The number of carbonyl (C=O) groups excluding carboxylic acids is 2. The van der Waals surface area contributed by atoms with Crippen LogP contribution in [0.4, 0.5) is 4.39 Å². The van der Waals surface area contributed by atoms with E-state index in [-0.39, 0.29) is 53.2 Å². The van der Waals surface area contributed by atoms with Crippen LogP contribution in [0, 0.1) is 11.7 Å². The number of rotatable bonds is 10. The van der Waals surface area contributed by atoms with Gasteiger partial charge < -0.3 is 25.6 Å². The third-order valence-corrected chi connectivity index (χ3v) is 9.92. The number of nitrogens with two attached hydrogens (primary N) is 1. The van der Waals surface area contributed by atoms with Crippen molar-refractivity contribution >= 4 is 34.3 Å². The summed E-state index contributed by atoms with van der Waals surface area (Å²) in [5, 5.41) is 20.7. The number of hydrogen-bond donors (Lipinski definition) is 3. The highest BCUT2D eigenvalue weighted by atomic mass is 35.5. The smallest absolute Gasteiger partial charge is 0.251 e. The molecule has 0 spiro atoms. The summed E-state index contributed by atoms with van der Waals surface area (Å²) < 4.78 is 28.6. The van der Waals surface area contributed by atoms with Crippen molar-refractivity contribution in [2.24, 2.45) is 11.7 Å². The average Bonchev–Trinajstić information content (AvgIpc) is 3.92. The van der Waals surface area contributed by atoms with Gasteiger partial charge in [0.2, 0.25) is 5.91 Å². The molecular weight excluding hydrogens is 613 g/mol. The number of ether oxygens (including phenoxy) is 2. The Balaban J connectivity index is 1.15. The van der Waals surface area contributed by atoms with Crippen molar-refractivity contribution in [3.05, 3.63) is 70.3 Å². The lowest BCUT2D eigenvalue weighted by Crippen LogP contribution is -2.44. The molecule has 1 unspecified atom stereocenters. The Morgan fingerprint density at radius 2 is 1.98 bits per heavy atom. The highest BCUT2D eigenvalue weighted by molar-refractivity contribution is 6.30. The fraction of sp³-hybridized carbons (Fsp3) is 0.412. The van der Waals surface area contributed by atoms with Gasteiger partial charge in [-0.05, 0) is 81.7 Å². The second-order valence-electron chi connectivity index (χ2n) is 13.3. The minimum absolute atomic E-state index is 0.0322. The van der Waals surface area contributed by atoms with Crippen LogP contribution < -0.4 is 20.5 Å². The van der Waals surface area contributed by atoms with E-state index < -0.39 is 22.7 Å². The van der Waals surface area contributed by atoms with Crippen LogP contribution >= 0.6 is 11.6 Å². The molecule has 0 bridgehead atoms. The third-order valence-electron chi connectivity index (χ3n) is 9.62. The average molecular weight is 646 g/mol. The van der Waals surface area contributed by atoms with Crippen LogP contribution in [0.5, 0.6) is 11.5 Å². The molecule has 12 heteroatoms. The Bertz CT molecular complexity index is 1940.